The van der Waals surface area contributed by atoms with E-state index in [9.17, 15) is 9.59 Å². The van der Waals surface area contributed by atoms with Crippen molar-refractivity contribution in [3.05, 3.63) is 59.5 Å². The lowest BCUT2D eigenvalue weighted by Crippen LogP contribution is -2.09. The molecule has 0 atom stereocenters. The molecule has 30 heavy (non-hydrogen) atoms. The van der Waals surface area contributed by atoms with E-state index in [4.69, 9.17) is 15.2 Å². The molecule has 0 aliphatic carbocycles. The molecule has 0 saturated carbocycles. The first kappa shape index (κ1) is 20.5. The van der Waals surface area contributed by atoms with Gasteiger partial charge in [0.05, 0.1) is 25.3 Å². The van der Waals surface area contributed by atoms with Gasteiger partial charge in [0.2, 0.25) is 0 Å². The summed E-state index contributed by atoms with van der Waals surface area (Å²) in [5.74, 6) is -0.0178. The number of hydrogen-bond donors (Lipinski definition) is 3. The maximum Gasteiger partial charge on any atom is 0.337 e. The van der Waals surface area contributed by atoms with Crippen molar-refractivity contribution >= 4 is 40.8 Å². The molecule has 2 heterocycles. The van der Waals surface area contributed by atoms with Crippen LogP contribution in [0.1, 0.15) is 26.3 Å². The fraction of sp³-hybridized carbons (Fsp3) is 0.150. The van der Waals surface area contributed by atoms with E-state index < -0.39 is 11.9 Å². The summed E-state index contributed by atoms with van der Waals surface area (Å²) in [4.78, 5) is 36.5. The van der Waals surface area contributed by atoms with Gasteiger partial charge in [0.15, 0.2) is 11.6 Å². The van der Waals surface area contributed by atoms with Crippen LogP contribution in [-0.4, -0.2) is 41.1 Å². The molecule has 0 bridgehead atoms. The number of carbonyl (C=O) groups is 2. The predicted octanol–water partition coefficient (Wildman–Crippen LogP) is 2.82. The Morgan fingerprint density at radius 1 is 0.900 bits per heavy atom. The lowest BCUT2D eigenvalue weighted by molar-refractivity contribution is 0.0599. The van der Waals surface area contributed by atoms with Crippen LogP contribution in [0.5, 0.6) is 0 Å². The van der Waals surface area contributed by atoms with Gasteiger partial charge in [0.25, 0.3) is 0 Å². The number of nitrogens with zero attached hydrogens (tertiary/aromatic N) is 3. The second kappa shape index (κ2) is 8.86. The van der Waals surface area contributed by atoms with Crippen LogP contribution in [0.4, 0.5) is 28.8 Å². The van der Waals surface area contributed by atoms with Crippen molar-refractivity contribution in [1.29, 1.82) is 0 Å². The minimum Gasteiger partial charge on any atom is -0.465 e. The molecule has 0 spiro atoms. The molecular weight excluding hydrogens is 388 g/mol. The van der Waals surface area contributed by atoms with Gasteiger partial charge >= 0.3 is 11.9 Å². The number of pyridine rings is 1. The summed E-state index contributed by atoms with van der Waals surface area (Å²) >= 11 is 0. The molecule has 0 fully saturated rings. The van der Waals surface area contributed by atoms with Gasteiger partial charge in [0, 0.05) is 11.9 Å². The second-order valence-corrected chi connectivity index (χ2v) is 6.24. The van der Waals surface area contributed by atoms with E-state index in [-0.39, 0.29) is 22.6 Å². The van der Waals surface area contributed by atoms with Crippen LogP contribution in [0.3, 0.4) is 0 Å². The van der Waals surface area contributed by atoms with Crippen LogP contribution >= 0.6 is 0 Å². The lowest BCUT2D eigenvalue weighted by Gasteiger charge is -2.13. The number of esters is 2. The third kappa shape index (κ3) is 4.61. The van der Waals surface area contributed by atoms with E-state index in [2.05, 4.69) is 25.6 Å². The number of aromatic nitrogens is 3. The summed E-state index contributed by atoms with van der Waals surface area (Å²) < 4.78 is 9.48. The fourth-order valence-corrected chi connectivity index (χ4v) is 2.57. The number of ether oxygens (including phenoxy) is 2. The number of rotatable bonds is 6. The molecule has 0 aliphatic heterocycles. The highest BCUT2D eigenvalue weighted by atomic mass is 16.5. The number of anilines is 5. The molecule has 1 aromatic carbocycles. The molecule has 3 rings (SSSR count). The van der Waals surface area contributed by atoms with Crippen molar-refractivity contribution < 1.29 is 19.1 Å². The first-order valence-corrected chi connectivity index (χ1v) is 8.80. The smallest absolute Gasteiger partial charge is 0.337 e. The Bertz CT molecular complexity index is 1050. The molecule has 0 amide bonds. The Hall–Kier alpha value is -4.21. The first-order valence-electron chi connectivity index (χ1n) is 8.80. The number of nitrogen functional groups attached to an aromatic ring is 1. The third-order valence-corrected chi connectivity index (χ3v) is 4.08. The molecule has 3 aromatic rings. The number of nitrogens with one attached hydrogen (secondary N) is 2. The van der Waals surface area contributed by atoms with Crippen LogP contribution in [0.15, 0.2) is 42.9 Å². The Morgan fingerprint density at radius 3 is 2.03 bits per heavy atom. The van der Waals surface area contributed by atoms with E-state index in [0.717, 1.165) is 5.56 Å². The second-order valence-electron chi connectivity index (χ2n) is 6.24. The quantitative estimate of drug-likeness (QED) is 0.521. The van der Waals surface area contributed by atoms with E-state index >= 15 is 0 Å². The van der Waals surface area contributed by atoms with Crippen LogP contribution in [0, 0.1) is 6.92 Å². The molecule has 10 nitrogen and oxygen atoms in total. The summed E-state index contributed by atoms with van der Waals surface area (Å²) in [5, 5.41) is 6.02. The average molecular weight is 408 g/mol. The number of hydrogen-bond acceptors (Lipinski definition) is 10. The average Bonchev–Trinajstić information content (AvgIpc) is 2.76. The highest BCUT2D eigenvalue weighted by Crippen LogP contribution is 2.28. The summed E-state index contributed by atoms with van der Waals surface area (Å²) in [6.45, 7) is 1.93. The molecule has 0 radical (unpaired) electrons. The van der Waals surface area contributed by atoms with Gasteiger partial charge in [-0.15, -0.1) is 0 Å². The standard InChI is InChI=1S/C20H20N6O4/c1-11-4-5-15(22-9-11)26-18-16(21)17(23-10-24-18)25-14-7-12(19(27)29-2)6-13(8-14)20(28)30-3/h4-10H,21H2,1-3H3,(H2,22,23,24,25,26). The zero-order valence-corrected chi connectivity index (χ0v) is 16.6. The topological polar surface area (TPSA) is 141 Å². The van der Waals surface area contributed by atoms with Crippen LogP contribution in [0.2, 0.25) is 0 Å². The largest absolute Gasteiger partial charge is 0.465 e. The van der Waals surface area contributed by atoms with Crippen LogP contribution < -0.4 is 16.4 Å². The van der Waals surface area contributed by atoms with Crippen LogP contribution in [0.25, 0.3) is 0 Å². The normalized spacial score (nSPS) is 10.2. The van der Waals surface area contributed by atoms with Gasteiger partial charge in [-0.25, -0.2) is 24.5 Å². The Labute approximate surface area is 172 Å². The zero-order valence-electron chi connectivity index (χ0n) is 16.6. The molecule has 0 unspecified atom stereocenters. The van der Waals surface area contributed by atoms with E-state index in [1.54, 1.807) is 12.3 Å². The zero-order chi connectivity index (χ0) is 21.7. The van der Waals surface area contributed by atoms with Gasteiger partial charge in [0.1, 0.15) is 17.8 Å². The molecule has 4 N–H and O–H groups in total. The molecule has 154 valence electrons. The number of carbonyl (C=O) groups excluding carboxylic acids is 2. The number of nitrogens with two attached hydrogens (primary N) is 1. The number of methoxy groups -OCH3 is 2. The molecule has 10 heteroatoms. The van der Waals surface area contributed by atoms with E-state index in [1.165, 1.54) is 38.7 Å². The molecule has 0 saturated heterocycles. The van der Waals surface area contributed by atoms with Crippen molar-refractivity contribution in [2.45, 2.75) is 6.92 Å². The van der Waals surface area contributed by atoms with Gasteiger partial charge in [-0.3, -0.25) is 0 Å². The fourth-order valence-electron chi connectivity index (χ4n) is 2.57. The Balaban J connectivity index is 1.93. The van der Waals surface area contributed by atoms with Crippen molar-refractivity contribution in [1.82, 2.24) is 15.0 Å². The maximum atomic E-state index is 12.0. The van der Waals surface area contributed by atoms with Crippen molar-refractivity contribution in [3.63, 3.8) is 0 Å². The lowest BCUT2D eigenvalue weighted by atomic mass is 10.1. The van der Waals surface area contributed by atoms with Gasteiger partial charge in [-0.05, 0) is 36.8 Å². The Morgan fingerprint density at radius 2 is 1.50 bits per heavy atom. The highest BCUT2D eigenvalue weighted by molar-refractivity contribution is 5.97. The summed E-state index contributed by atoms with van der Waals surface area (Å²) in [6.07, 6.45) is 3.03. The van der Waals surface area contributed by atoms with Crippen molar-refractivity contribution in [2.24, 2.45) is 0 Å². The first-order chi connectivity index (χ1) is 14.4. The summed E-state index contributed by atoms with van der Waals surface area (Å²) in [6, 6.07) is 8.09. The van der Waals surface area contributed by atoms with Gasteiger partial charge in [-0.1, -0.05) is 6.07 Å². The summed E-state index contributed by atoms with van der Waals surface area (Å²) in [5.41, 5.74) is 8.16. The third-order valence-electron chi connectivity index (χ3n) is 4.08. The molecule has 2 aromatic heterocycles. The predicted molar refractivity (Wildman–Crippen MR) is 111 cm³/mol. The maximum absolute atomic E-state index is 12.0. The minimum absolute atomic E-state index is 0.165. The summed E-state index contributed by atoms with van der Waals surface area (Å²) in [7, 11) is 2.50. The Kier molecular flexibility index (Phi) is 6.06. The van der Waals surface area contributed by atoms with Crippen LogP contribution in [-0.2, 0) is 9.47 Å². The molecular formula is C20H20N6O4. The highest BCUT2D eigenvalue weighted by Gasteiger charge is 2.16. The van der Waals surface area contributed by atoms with Gasteiger partial charge in [-0.2, -0.15) is 0 Å². The SMILES string of the molecule is COC(=O)c1cc(Nc2ncnc(Nc3ccc(C)cn3)c2N)cc(C(=O)OC)c1. The van der Waals surface area contributed by atoms with Gasteiger partial charge < -0.3 is 25.8 Å². The van der Waals surface area contributed by atoms with E-state index in [1.807, 2.05) is 13.0 Å². The van der Waals surface area contributed by atoms with E-state index in [0.29, 0.717) is 17.3 Å². The number of benzene rings is 1. The molecule has 0 aliphatic rings. The minimum atomic E-state index is -0.604. The van der Waals surface area contributed by atoms with Crippen molar-refractivity contribution in [3.8, 4) is 0 Å². The monoisotopic (exact) mass is 408 g/mol. The van der Waals surface area contributed by atoms with Crippen molar-refractivity contribution in [2.75, 3.05) is 30.6 Å². The number of aryl methyl sites for hydroxylation is 1.